The number of halogens is 2. The molecule has 2 aromatic carbocycles. The molecule has 3 nitrogen and oxygen atoms in total. The second-order valence-electron chi connectivity index (χ2n) is 5.25. The third-order valence-electron chi connectivity index (χ3n) is 3.43. The molecule has 0 saturated carbocycles. The molecule has 0 aromatic heterocycles. The van der Waals surface area contributed by atoms with Crippen LogP contribution in [0, 0.1) is 11.6 Å². The summed E-state index contributed by atoms with van der Waals surface area (Å²) in [6.07, 6.45) is 2.60. The van der Waals surface area contributed by atoms with Gasteiger partial charge in [-0.05, 0) is 37.0 Å². The van der Waals surface area contributed by atoms with Gasteiger partial charge in [0, 0.05) is 11.6 Å². The van der Waals surface area contributed by atoms with E-state index in [1.54, 1.807) is 0 Å². The van der Waals surface area contributed by atoms with Gasteiger partial charge in [-0.2, -0.15) is 0 Å². The maximum atomic E-state index is 13.1. The maximum Gasteiger partial charge on any atom is 0.252 e. The lowest BCUT2D eigenvalue weighted by atomic mass is 10.0. The van der Waals surface area contributed by atoms with Gasteiger partial charge in [0.15, 0.2) is 0 Å². The monoisotopic (exact) mass is 317 g/mol. The minimum Gasteiger partial charge on any atom is -0.343 e. The molecular formula is C18H17F2NO2. The zero-order chi connectivity index (χ0) is 16.7. The standard InChI is InChI=1S/C18H17F2NO2/c19-15-9-14(10-16(20)11-15)18(23)21-17(12-22)8-4-7-13-5-2-1-3-6-13/h1-3,5-6,9-12,17H,4,7-8H2,(H,21,23)/t17-/m1/s1. The van der Waals surface area contributed by atoms with Crippen molar-refractivity contribution < 1.29 is 18.4 Å². The first-order valence-electron chi connectivity index (χ1n) is 7.34. The fraction of sp³-hybridized carbons (Fsp3) is 0.222. The summed E-state index contributed by atoms with van der Waals surface area (Å²) in [7, 11) is 0. The first-order valence-corrected chi connectivity index (χ1v) is 7.34. The van der Waals surface area contributed by atoms with E-state index in [1.807, 2.05) is 30.3 Å². The second kappa shape index (κ2) is 8.17. The highest BCUT2D eigenvalue weighted by Crippen LogP contribution is 2.10. The van der Waals surface area contributed by atoms with Crippen LogP contribution in [0.4, 0.5) is 8.78 Å². The number of hydrogen-bond donors (Lipinski definition) is 1. The maximum absolute atomic E-state index is 13.1. The van der Waals surface area contributed by atoms with Gasteiger partial charge < -0.3 is 10.1 Å². The summed E-state index contributed by atoms with van der Waals surface area (Å²) in [6.45, 7) is 0. The van der Waals surface area contributed by atoms with Gasteiger partial charge in [0.1, 0.15) is 17.9 Å². The highest BCUT2D eigenvalue weighted by Gasteiger charge is 2.14. The highest BCUT2D eigenvalue weighted by molar-refractivity contribution is 5.95. The summed E-state index contributed by atoms with van der Waals surface area (Å²) in [5, 5.41) is 2.48. The van der Waals surface area contributed by atoms with Gasteiger partial charge in [-0.3, -0.25) is 4.79 Å². The summed E-state index contributed by atoms with van der Waals surface area (Å²) in [5.41, 5.74) is 1.01. The van der Waals surface area contributed by atoms with Crippen molar-refractivity contribution in [3.05, 3.63) is 71.3 Å². The Hall–Kier alpha value is -2.56. The van der Waals surface area contributed by atoms with Crippen LogP contribution in [0.25, 0.3) is 0 Å². The van der Waals surface area contributed by atoms with Crippen LogP contribution in [-0.2, 0) is 11.2 Å². The van der Waals surface area contributed by atoms with Crippen LogP contribution in [0.15, 0.2) is 48.5 Å². The first kappa shape index (κ1) is 16.8. The van der Waals surface area contributed by atoms with Gasteiger partial charge in [0.25, 0.3) is 5.91 Å². The van der Waals surface area contributed by atoms with Crippen molar-refractivity contribution in [1.29, 1.82) is 0 Å². The van der Waals surface area contributed by atoms with Crippen LogP contribution < -0.4 is 5.32 Å². The fourth-order valence-corrected chi connectivity index (χ4v) is 2.28. The van der Waals surface area contributed by atoms with Crippen LogP contribution in [-0.4, -0.2) is 18.2 Å². The zero-order valence-corrected chi connectivity index (χ0v) is 12.5. The number of amides is 1. The summed E-state index contributed by atoms with van der Waals surface area (Å²) < 4.78 is 26.2. The number of nitrogens with one attached hydrogen (secondary N) is 1. The van der Waals surface area contributed by atoms with Gasteiger partial charge in [-0.1, -0.05) is 30.3 Å². The minimum absolute atomic E-state index is 0.141. The number of rotatable bonds is 7. The number of benzene rings is 2. The van der Waals surface area contributed by atoms with Crippen molar-refractivity contribution in [3.8, 4) is 0 Å². The van der Waals surface area contributed by atoms with Gasteiger partial charge in [-0.25, -0.2) is 8.78 Å². The van der Waals surface area contributed by atoms with Crippen molar-refractivity contribution in [2.75, 3.05) is 0 Å². The Morgan fingerprint density at radius 1 is 1.09 bits per heavy atom. The quantitative estimate of drug-likeness (QED) is 0.797. The van der Waals surface area contributed by atoms with E-state index in [2.05, 4.69) is 5.32 Å². The van der Waals surface area contributed by atoms with Crippen LogP contribution in [0.2, 0.25) is 0 Å². The molecule has 0 unspecified atom stereocenters. The summed E-state index contributed by atoms with van der Waals surface area (Å²) in [5.74, 6) is -2.33. The van der Waals surface area contributed by atoms with E-state index in [9.17, 15) is 18.4 Å². The molecule has 0 spiro atoms. The molecule has 1 atom stereocenters. The molecule has 1 amide bonds. The van der Waals surface area contributed by atoms with Gasteiger partial charge in [0.2, 0.25) is 0 Å². The van der Waals surface area contributed by atoms with E-state index >= 15 is 0 Å². The SMILES string of the molecule is O=C[C@@H](CCCc1ccccc1)NC(=O)c1cc(F)cc(F)c1. The van der Waals surface area contributed by atoms with E-state index in [-0.39, 0.29) is 5.56 Å². The average molecular weight is 317 g/mol. The molecule has 1 N–H and O–H groups in total. The number of aryl methyl sites for hydroxylation is 1. The van der Waals surface area contributed by atoms with E-state index < -0.39 is 23.6 Å². The third kappa shape index (κ3) is 5.29. The molecule has 2 rings (SSSR count). The average Bonchev–Trinajstić information content (AvgIpc) is 2.54. The molecular weight excluding hydrogens is 300 g/mol. The Balaban J connectivity index is 1.88. The van der Waals surface area contributed by atoms with Crippen LogP contribution in [0.3, 0.4) is 0 Å². The van der Waals surface area contributed by atoms with Crippen molar-refractivity contribution >= 4 is 12.2 Å². The van der Waals surface area contributed by atoms with Crippen molar-refractivity contribution in [2.45, 2.75) is 25.3 Å². The summed E-state index contributed by atoms with van der Waals surface area (Å²) in [6, 6.07) is 11.7. The Kier molecular flexibility index (Phi) is 5.97. The largest absolute Gasteiger partial charge is 0.343 e. The molecule has 5 heteroatoms. The van der Waals surface area contributed by atoms with Gasteiger partial charge >= 0.3 is 0 Å². The van der Waals surface area contributed by atoms with Crippen molar-refractivity contribution in [2.24, 2.45) is 0 Å². The van der Waals surface area contributed by atoms with Crippen molar-refractivity contribution in [3.63, 3.8) is 0 Å². The molecule has 0 saturated heterocycles. The number of hydrogen-bond acceptors (Lipinski definition) is 2. The third-order valence-corrected chi connectivity index (χ3v) is 3.43. The van der Waals surface area contributed by atoms with E-state index in [4.69, 9.17) is 0 Å². The molecule has 23 heavy (non-hydrogen) atoms. The normalized spacial score (nSPS) is 11.7. The molecule has 0 aliphatic rings. The number of carbonyl (C=O) groups is 2. The lowest BCUT2D eigenvalue weighted by Gasteiger charge is -2.13. The fourth-order valence-electron chi connectivity index (χ4n) is 2.28. The lowest BCUT2D eigenvalue weighted by molar-refractivity contribution is -0.109. The first-order chi connectivity index (χ1) is 11.1. The second-order valence-corrected chi connectivity index (χ2v) is 5.25. The van der Waals surface area contributed by atoms with E-state index in [0.29, 0.717) is 25.2 Å². The molecule has 0 fully saturated rings. The Morgan fingerprint density at radius 3 is 2.35 bits per heavy atom. The predicted molar refractivity (Wildman–Crippen MR) is 83.1 cm³/mol. The van der Waals surface area contributed by atoms with Crippen molar-refractivity contribution in [1.82, 2.24) is 5.32 Å². The van der Waals surface area contributed by atoms with E-state index in [1.165, 1.54) is 0 Å². The smallest absolute Gasteiger partial charge is 0.252 e. The molecule has 120 valence electrons. The van der Waals surface area contributed by atoms with Crippen LogP contribution in [0.1, 0.15) is 28.8 Å². The molecule has 0 radical (unpaired) electrons. The Labute approximate surface area is 133 Å². The molecule has 2 aromatic rings. The lowest BCUT2D eigenvalue weighted by Crippen LogP contribution is -2.36. The molecule has 0 heterocycles. The highest BCUT2D eigenvalue weighted by atomic mass is 19.1. The molecule has 0 aliphatic carbocycles. The van der Waals surface area contributed by atoms with Gasteiger partial charge in [0.05, 0.1) is 6.04 Å². The minimum atomic E-state index is -0.832. The number of aldehydes is 1. The van der Waals surface area contributed by atoms with Crippen LogP contribution in [0.5, 0.6) is 0 Å². The zero-order valence-electron chi connectivity index (χ0n) is 12.5. The van der Waals surface area contributed by atoms with Crippen LogP contribution >= 0.6 is 0 Å². The molecule has 0 aliphatic heterocycles. The number of carbonyl (C=O) groups excluding carboxylic acids is 2. The van der Waals surface area contributed by atoms with E-state index in [0.717, 1.165) is 24.1 Å². The molecule has 0 bridgehead atoms. The summed E-state index contributed by atoms with van der Waals surface area (Å²) in [4.78, 5) is 23.0. The Morgan fingerprint density at radius 2 is 1.74 bits per heavy atom. The summed E-state index contributed by atoms with van der Waals surface area (Å²) >= 11 is 0. The topological polar surface area (TPSA) is 46.2 Å². The predicted octanol–water partition coefficient (Wildman–Crippen LogP) is 3.29. The Bertz CT molecular complexity index is 654. The van der Waals surface area contributed by atoms with Gasteiger partial charge in [-0.15, -0.1) is 0 Å².